The van der Waals surface area contributed by atoms with Gasteiger partial charge in [0.15, 0.2) is 5.82 Å². The molecule has 0 saturated heterocycles. The Balaban J connectivity index is 1.48. The van der Waals surface area contributed by atoms with Crippen LogP contribution in [0.4, 0.5) is 0 Å². The summed E-state index contributed by atoms with van der Waals surface area (Å²) in [4.78, 5) is 29.6. The summed E-state index contributed by atoms with van der Waals surface area (Å²) in [6.45, 7) is 6.12. The van der Waals surface area contributed by atoms with E-state index in [9.17, 15) is 4.79 Å². The number of ether oxygens (including phenoxy) is 1. The maximum absolute atomic E-state index is 12.3. The zero-order valence-electron chi connectivity index (χ0n) is 16.1. The second kappa shape index (κ2) is 7.34. The Bertz CT molecular complexity index is 1010. The monoisotopic (exact) mass is 375 g/mol. The van der Waals surface area contributed by atoms with Gasteiger partial charge in [-0.15, -0.1) is 0 Å². The van der Waals surface area contributed by atoms with Gasteiger partial charge < -0.3 is 10.1 Å². The number of carbonyl (C=O) groups is 1. The molecule has 1 aromatic carbocycles. The summed E-state index contributed by atoms with van der Waals surface area (Å²) >= 11 is 0. The molecule has 1 aliphatic rings. The second-order valence-electron chi connectivity index (χ2n) is 6.97. The van der Waals surface area contributed by atoms with Crippen LogP contribution in [0.5, 0.6) is 5.75 Å². The van der Waals surface area contributed by atoms with Crippen molar-refractivity contribution in [2.45, 2.75) is 33.3 Å². The topological polar surface area (TPSA) is 89.9 Å². The molecule has 7 heteroatoms. The molecular formula is C21H21N5O2. The van der Waals surface area contributed by atoms with Gasteiger partial charge in [-0.3, -0.25) is 9.78 Å². The molecule has 3 heterocycles. The predicted molar refractivity (Wildman–Crippen MR) is 104 cm³/mol. The van der Waals surface area contributed by atoms with Gasteiger partial charge in [0.05, 0.1) is 24.0 Å². The minimum atomic E-state index is -0.259. The van der Waals surface area contributed by atoms with Crippen LogP contribution in [0, 0.1) is 20.8 Å². The first-order valence-electron chi connectivity index (χ1n) is 9.17. The number of para-hydroxylation sites is 1. The van der Waals surface area contributed by atoms with Crippen LogP contribution in [0.3, 0.4) is 0 Å². The van der Waals surface area contributed by atoms with Crippen LogP contribution >= 0.6 is 0 Å². The van der Waals surface area contributed by atoms with Crippen LogP contribution in [0.1, 0.15) is 33.1 Å². The number of rotatable bonds is 4. The van der Waals surface area contributed by atoms with Gasteiger partial charge in [0, 0.05) is 24.0 Å². The highest BCUT2D eigenvalue weighted by atomic mass is 16.5. The number of fused-ring (bicyclic) bond motifs is 1. The van der Waals surface area contributed by atoms with E-state index in [1.807, 2.05) is 45.0 Å². The number of nitrogens with zero attached hydrogens (tertiary/aromatic N) is 4. The molecule has 0 aliphatic carbocycles. The van der Waals surface area contributed by atoms with E-state index in [1.165, 1.54) is 6.20 Å². The number of carbonyl (C=O) groups excluding carboxylic acids is 1. The van der Waals surface area contributed by atoms with Crippen LogP contribution in [-0.4, -0.2) is 38.5 Å². The van der Waals surface area contributed by atoms with E-state index in [-0.39, 0.29) is 12.0 Å². The molecule has 1 N–H and O–H groups in total. The van der Waals surface area contributed by atoms with Gasteiger partial charge in [-0.1, -0.05) is 12.1 Å². The van der Waals surface area contributed by atoms with Crippen LogP contribution in [-0.2, 0) is 6.42 Å². The summed E-state index contributed by atoms with van der Waals surface area (Å²) in [6.07, 6.45) is 3.62. The van der Waals surface area contributed by atoms with Crippen LogP contribution in [0.15, 0.2) is 36.7 Å². The van der Waals surface area contributed by atoms with Gasteiger partial charge in [0.25, 0.3) is 5.91 Å². The molecule has 0 saturated carbocycles. The van der Waals surface area contributed by atoms with Crippen molar-refractivity contribution >= 4 is 5.91 Å². The lowest BCUT2D eigenvalue weighted by Crippen LogP contribution is -2.34. The van der Waals surface area contributed by atoms with Crippen molar-refractivity contribution in [3.63, 3.8) is 0 Å². The first-order valence-corrected chi connectivity index (χ1v) is 9.17. The molecule has 4 rings (SSSR count). The largest absolute Gasteiger partial charge is 0.487 e. The zero-order valence-corrected chi connectivity index (χ0v) is 16.1. The van der Waals surface area contributed by atoms with Gasteiger partial charge >= 0.3 is 0 Å². The van der Waals surface area contributed by atoms with Crippen molar-refractivity contribution in [2.24, 2.45) is 0 Å². The molecule has 3 aromatic rings. The first-order chi connectivity index (χ1) is 13.5. The molecule has 142 valence electrons. The quantitative estimate of drug-likeness (QED) is 0.754. The molecule has 1 atom stereocenters. The lowest BCUT2D eigenvalue weighted by molar-refractivity contribution is 0.0928. The van der Waals surface area contributed by atoms with Crippen LogP contribution in [0.2, 0.25) is 0 Å². The predicted octanol–water partition coefficient (Wildman–Crippen LogP) is 2.59. The van der Waals surface area contributed by atoms with Gasteiger partial charge in [-0.2, -0.15) is 0 Å². The molecule has 0 fully saturated rings. The highest BCUT2D eigenvalue weighted by Crippen LogP contribution is 2.37. The normalized spacial score (nSPS) is 15.0. The molecule has 2 aromatic heterocycles. The maximum atomic E-state index is 12.3. The second-order valence-corrected chi connectivity index (χ2v) is 6.97. The van der Waals surface area contributed by atoms with Gasteiger partial charge in [-0.25, -0.2) is 15.0 Å². The Kier molecular flexibility index (Phi) is 4.73. The van der Waals surface area contributed by atoms with Gasteiger partial charge in [0.2, 0.25) is 0 Å². The van der Waals surface area contributed by atoms with Gasteiger partial charge in [0.1, 0.15) is 17.5 Å². The summed E-state index contributed by atoms with van der Waals surface area (Å²) < 4.78 is 6.15. The van der Waals surface area contributed by atoms with Crippen LogP contribution in [0.25, 0.3) is 11.4 Å². The number of nitrogens with one attached hydrogen (secondary N) is 1. The fraction of sp³-hybridized carbons (Fsp3) is 0.286. The Morgan fingerprint density at radius 1 is 1.11 bits per heavy atom. The number of hydrogen-bond acceptors (Lipinski definition) is 6. The van der Waals surface area contributed by atoms with E-state index in [2.05, 4.69) is 25.3 Å². The average Bonchev–Trinajstić information content (AvgIpc) is 3.09. The smallest absolute Gasteiger partial charge is 0.271 e. The summed E-state index contributed by atoms with van der Waals surface area (Å²) in [6, 6.07) is 7.94. The molecule has 0 radical (unpaired) electrons. The van der Waals surface area contributed by atoms with E-state index < -0.39 is 0 Å². The minimum absolute atomic E-state index is 0.149. The van der Waals surface area contributed by atoms with E-state index in [4.69, 9.17) is 4.74 Å². The highest BCUT2D eigenvalue weighted by Gasteiger charge is 2.27. The number of amides is 1. The standard InChI is InChI=1S/C21H21N5O2/c1-12-7-13(2)26-20(25-12)17-6-4-5-15-8-16(28-19(15)17)10-24-21(27)18-11-22-14(3)9-23-18/h4-7,9,11,16H,8,10H2,1-3H3,(H,24,27)/t16-/m1/s1. The minimum Gasteiger partial charge on any atom is -0.487 e. The summed E-state index contributed by atoms with van der Waals surface area (Å²) in [5.74, 6) is 1.20. The molecule has 7 nitrogen and oxygen atoms in total. The third-order valence-corrected chi connectivity index (χ3v) is 4.56. The Labute approximate surface area is 163 Å². The summed E-state index contributed by atoms with van der Waals surface area (Å²) in [5, 5.41) is 2.87. The van der Waals surface area contributed by atoms with Crippen molar-refractivity contribution in [3.8, 4) is 17.1 Å². The van der Waals surface area contributed by atoms with Crippen molar-refractivity contribution < 1.29 is 9.53 Å². The Morgan fingerprint density at radius 2 is 1.89 bits per heavy atom. The lowest BCUT2D eigenvalue weighted by atomic mass is 10.1. The molecule has 0 unspecified atom stereocenters. The van der Waals surface area contributed by atoms with Crippen molar-refractivity contribution in [3.05, 3.63) is 65.0 Å². The Hall–Kier alpha value is -3.35. The van der Waals surface area contributed by atoms with E-state index >= 15 is 0 Å². The highest BCUT2D eigenvalue weighted by molar-refractivity contribution is 5.91. The molecule has 0 spiro atoms. The molecule has 1 aliphatic heterocycles. The fourth-order valence-electron chi connectivity index (χ4n) is 3.28. The lowest BCUT2D eigenvalue weighted by Gasteiger charge is -2.13. The first kappa shape index (κ1) is 18.0. The SMILES string of the molecule is Cc1cnc(C(=O)NC[C@H]2Cc3cccc(-c4nc(C)cc(C)n4)c3O2)cn1. The fourth-order valence-corrected chi connectivity index (χ4v) is 3.28. The summed E-state index contributed by atoms with van der Waals surface area (Å²) in [5.41, 5.74) is 4.87. The number of hydrogen-bond donors (Lipinski definition) is 1. The van der Waals surface area contributed by atoms with Crippen molar-refractivity contribution in [1.29, 1.82) is 0 Å². The average molecular weight is 375 g/mol. The number of aromatic nitrogens is 4. The number of benzene rings is 1. The molecule has 0 bridgehead atoms. The van der Waals surface area contributed by atoms with Crippen LogP contribution < -0.4 is 10.1 Å². The third-order valence-electron chi connectivity index (χ3n) is 4.56. The molecule has 1 amide bonds. The summed E-state index contributed by atoms with van der Waals surface area (Å²) in [7, 11) is 0. The third kappa shape index (κ3) is 3.69. The van der Waals surface area contributed by atoms with Crippen molar-refractivity contribution in [2.75, 3.05) is 6.54 Å². The molecule has 28 heavy (non-hydrogen) atoms. The van der Waals surface area contributed by atoms with E-state index in [1.54, 1.807) is 6.20 Å². The van der Waals surface area contributed by atoms with E-state index in [0.717, 1.165) is 34.0 Å². The van der Waals surface area contributed by atoms with E-state index in [0.29, 0.717) is 24.5 Å². The zero-order chi connectivity index (χ0) is 19.7. The molecular weight excluding hydrogens is 354 g/mol. The van der Waals surface area contributed by atoms with Gasteiger partial charge in [-0.05, 0) is 38.5 Å². The Morgan fingerprint density at radius 3 is 2.61 bits per heavy atom. The number of aryl methyl sites for hydroxylation is 3. The van der Waals surface area contributed by atoms with Crippen molar-refractivity contribution in [1.82, 2.24) is 25.3 Å². The maximum Gasteiger partial charge on any atom is 0.271 e.